The van der Waals surface area contributed by atoms with E-state index in [1.54, 1.807) is 26.1 Å². The van der Waals surface area contributed by atoms with Crippen LogP contribution < -0.4 is 4.90 Å². The van der Waals surface area contributed by atoms with Crippen molar-refractivity contribution in [1.29, 1.82) is 0 Å². The molecule has 1 aromatic rings. The lowest BCUT2D eigenvalue weighted by Crippen LogP contribution is -2.53. The fraction of sp³-hybridized carbons (Fsp3) is 0.750. The van der Waals surface area contributed by atoms with Crippen molar-refractivity contribution in [3.05, 3.63) is 11.6 Å². The first-order chi connectivity index (χ1) is 9.68. The fourth-order valence-electron chi connectivity index (χ4n) is 2.74. The van der Waals surface area contributed by atoms with E-state index in [0.717, 1.165) is 37.5 Å². The van der Waals surface area contributed by atoms with Gasteiger partial charge in [-0.1, -0.05) is 6.42 Å². The molecule has 2 aliphatic rings. The number of thiazole rings is 1. The number of piperazine rings is 1. The van der Waals surface area contributed by atoms with Gasteiger partial charge in [0.1, 0.15) is 0 Å². The zero-order valence-electron chi connectivity index (χ0n) is 11.4. The Morgan fingerprint density at radius 1 is 0.950 bits per heavy atom. The Morgan fingerprint density at radius 3 is 2.20 bits per heavy atom. The molecule has 2 aliphatic heterocycles. The standard InChI is InChI=1S/C12H20N4O2S2/c17-20(18,15-5-2-1-3-6-15)16-9-7-14(8-10-16)12-13-4-11-19-12/h4,11H,1-3,5-10H2. The van der Waals surface area contributed by atoms with Crippen LogP contribution in [0.3, 0.4) is 0 Å². The lowest BCUT2D eigenvalue weighted by atomic mass is 10.2. The smallest absolute Gasteiger partial charge is 0.282 e. The molecule has 0 bridgehead atoms. The molecular weight excluding hydrogens is 296 g/mol. The largest absolute Gasteiger partial charge is 0.345 e. The van der Waals surface area contributed by atoms with Crippen molar-refractivity contribution in [2.75, 3.05) is 44.2 Å². The molecule has 0 unspecified atom stereocenters. The molecule has 0 amide bonds. The quantitative estimate of drug-likeness (QED) is 0.835. The lowest BCUT2D eigenvalue weighted by Gasteiger charge is -2.37. The second kappa shape index (κ2) is 5.97. The van der Waals surface area contributed by atoms with Gasteiger partial charge < -0.3 is 4.90 Å². The van der Waals surface area contributed by atoms with Crippen molar-refractivity contribution >= 4 is 26.7 Å². The minimum absolute atomic E-state index is 0.554. The molecular formula is C12H20N4O2S2. The van der Waals surface area contributed by atoms with Crippen molar-refractivity contribution in [1.82, 2.24) is 13.6 Å². The molecule has 0 aliphatic carbocycles. The molecule has 3 rings (SSSR count). The maximum Gasteiger partial charge on any atom is 0.282 e. The van der Waals surface area contributed by atoms with E-state index in [1.807, 2.05) is 5.38 Å². The van der Waals surface area contributed by atoms with Gasteiger partial charge in [0.15, 0.2) is 5.13 Å². The predicted molar refractivity (Wildman–Crippen MR) is 80.2 cm³/mol. The molecule has 2 saturated heterocycles. The maximum absolute atomic E-state index is 12.6. The monoisotopic (exact) mass is 316 g/mol. The lowest BCUT2D eigenvalue weighted by molar-refractivity contribution is 0.295. The van der Waals surface area contributed by atoms with E-state index < -0.39 is 10.2 Å². The molecule has 6 nitrogen and oxygen atoms in total. The molecule has 2 fully saturated rings. The van der Waals surface area contributed by atoms with Gasteiger partial charge in [0, 0.05) is 50.8 Å². The molecule has 0 aromatic carbocycles. The Kier molecular flexibility index (Phi) is 4.25. The first-order valence-electron chi connectivity index (χ1n) is 7.07. The number of rotatable bonds is 3. The summed E-state index contributed by atoms with van der Waals surface area (Å²) in [6.45, 7) is 3.90. The third-order valence-corrected chi connectivity index (χ3v) is 6.76. The van der Waals surface area contributed by atoms with Crippen LogP contribution in [0.2, 0.25) is 0 Å². The highest BCUT2D eigenvalue weighted by atomic mass is 32.2. The van der Waals surface area contributed by atoms with Crippen LogP contribution in [0, 0.1) is 0 Å². The summed E-state index contributed by atoms with van der Waals surface area (Å²) in [5.74, 6) is 0. The second-order valence-corrected chi connectivity index (χ2v) is 7.97. The van der Waals surface area contributed by atoms with Crippen LogP contribution in [0.4, 0.5) is 5.13 Å². The van der Waals surface area contributed by atoms with Gasteiger partial charge >= 0.3 is 0 Å². The van der Waals surface area contributed by atoms with E-state index in [-0.39, 0.29) is 0 Å². The van der Waals surface area contributed by atoms with Crippen LogP contribution in [0.15, 0.2) is 11.6 Å². The van der Waals surface area contributed by atoms with Crippen LogP contribution in [-0.4, -0.2) is 61.3 Å². The van der Waals surface area contributed by atoms with Gasteiger partial charge in [-0.3, -0.25) is 0 Å². The van der Waals surface area contributed by atoms with Crippen LogP contribution in [0.5, 0.6) is 0 Å². The minimum atomic E-state index is -3.25. The summed E-state index contributed by atoms with van der Waals surface area (Å²) in [4.78, 5) is 6.44. The Balaban J connectivity index is 1.62. The number of hydrogen-bond acceptors (Lipinski definition) is 5. The van der Waals surface area contributed by atoms with E-state index in [4.69, 9.17) is 0 Å². The average Bonchev–Trinajstić information content (AvgIpc) is 3.02. The molecule has 3 heterocycles. The van der Waals surface area contributed by atoms with Crippen LogP contribution in [0.1, 0.15) is 19.3 Å². The molecule has 0 N–H and O–H groups in total. The van der Waals surface area contributed by atoms with Crippen molar-refractivity contribution in [2.45, 2.75) is 19.3 Å². The summed E-state index contributed by atoms with van der Waals surface area (Å²) in [5, 5.41) is 2.94. The van der Waals surface area contributed by atoms with Gasteiger partial charge in [-0.2, -0.15) is 17.0 Å². The highest BCUT2D eigenvalue weighted by Crippen LogP contribution is 2.22. The Morgan fingerprint density at radius 2 is 1.60 bits per heavy atom. The SMILES string of the molecule is O=S(=O)(N1CCCCC1)N1CCN(c2nccs2)CC1. The predicted octanol–water partition coefficient (Wildman–Crippen LogP) is 0.996. The van der Waals surface area contributed by atoms with Gasteiger partial charge in [-0.25, -0.2) is 4.98 Å². The summed E-state index contributed by atoms with van der Waals surface area (Å²) < 4.78 is 28.4. The zero-order chi connectivity index (χ0) is 14.0. The second-order valence-electron chi connectivity index (χ2n) is 5.17. The number of anilines is 1. The summed E-state index contributed by atoms with van der Waals surface area (Å²) in [5.41, 5.74) is 0. The van der Waals surface area contributed by atoms with Gasteiger partial charge in [-0.15, -0.1) is 11.3 Å². The Labute approximate surface area is 124 Å². The highest BCUT2D eigenvalue weighted by Gasteiger charge is 2.33. The Hall–Kier alpha value is -0.700. The van der Waals surface area contributed by atoms with Crippen molar-refractivity contribution in [2.24, 2.45) is 0 Å². The third-order valence-electron chi connectivity index (χ3n) is 3.90. The molecule has 20 heavy (non-hydrogen) atoms. The van der Waals surface area contributed by atoms with Gasteiger partial charge in [0.2, 0.25) is 0 Å². The topological polar surface area (TPSA) is 56.8 Å². The fourth-order valence-corrected chi connectivity index (χ4v) is 5.11. The molecule has 0 radical (unpaired) electrons. The Bertz CT molecular complexity index is 518. The van der Waals surface area contributed by atoms with E-state index in [2.05, 4.69) is 9.88 Å². The molecule has 0 saturated carbocycles. The van der Waals surface area contributed by atoms with Crippen LogP contribution in [-0.2, 0) is 10.2 Å². The molecule has 112 valence electrons. The summed E-state index contributed by atoms with van der Waals surface area (Å²) in [7, 11) is -3.25. The van der Waals surface area contributed by atoms with Crippen LogP contribution in [0.25, 0.3) is 0 Å². The van der Waals surface area contributed by atoms with E-state index in [9.17, 15) is 8.42 Å². The molecule has 8 heteroatoms. The number of hydrogen-bond donors (Lipinski definition) is 0. The summed E-state index contributed by atoms with van der Waals surface area (Å²) in [6.07, 6.45) is 4.90. The molecule has 0 spiro atoms. The van der Waals surface area contributed by atoms with E-state index in [0.29, 0.717) is 26.2 Å². The van der Waals surface area contributed by atoms with Gasteiger partial charge in [-0.05, 0) is 12.8 Å². The van der Waals surface area contributed by atoms with Crippen molar-refractivity contribution in [3.8, 4) is 0 Å². The van der Waals surface area contributed by atoms with Crippen molar-refractivity contribution in [3.63, 3.8) is 0 Å². The van der Waals surface area contributed by atoms with E-state index in [1.165, 1.54) is 0 Å². The maximum atomic E-state index is 12.6. The molecule has 1 aromatic heterocycles. The normalized spacial score (nSPS) is 23.1. The van der Waals surface area contributed by atoms with Crippen LogP contribution >= 0.6 is 11.3 Å². The minimum Gasteiger partial charge on any atom is -0.345 e. The summed E-state index contributed by atoms with van der Waals surface area (Å²) >= 11 is 1.60. The van der Waals surface area contributed by atoms with Gasteiger partial charge in [0.05, 0.1) is 0 Å². The number of piperidine rings is 1. The van der Waals surface area contributed by atoms with Crippen molar-refractivity contribution < 1.29 is 8.42 Å². The number of aromatic nitrogens is 1. The van der Waals surface area contributed by atoms with E-state index >= 15 is 0 Å². The zero-order valence-corrected chi connectivity index (χ0v) is 13.1. The first kappa shape index (κ1) is 14.2. The average molecular weight is 316 g/mol. The first-order valence-corrected chi connectivity index (χ1v) is 9.35. The highest BCUT2D eigenvalue weighted by molar-refractivity contribution is 7.86. The summed E-state index contributed by atoms with van der Waals surface area (Å²) in [6, 6.07) is 0. The molecule has 0 atom stereocenters. The van der Waals surface area contributed by atoms with Gasteiger partial charge in [0.25, 0.3) is 10.2 Å². The number of nitrogens with zero attached hydrogens (tertiary/aromatic N) is 4. The third kappa shape index (κ3) is 2.83.